The number of carbonyl (C=O) groups excluding carboxylic acids is 2. The molecule has 1 unspecified atom stereocenters. The number of likely N-dealkylation sites (tertiary alicyclic amines) is 1. The first-order chi connectivity index (χ1) is 17.9. The average Bonchev–Trinajstić information content (AvgIpc) is 2.89. The van der Waals surface area contributed by atoms with Crippen LogP contribution in [0.2, 0.25) is 5.02 Å². The highest BCUT2D eigenvalue weighted by atomic mass is 35.5. The molecule has 38 heavy (non-hydrogen) atoms. The summed E-state index contributed by atoms with van der Waals surface area (Å²) in [5.41, 5.74) is 1.24. The number of halogens is 4. The van der Waals surface area contributed by atoms with E-state index >= 15 is 0 Å². The predicted molar refractivity (Wildman–Crippen MR) is 136 cm³/mol. The molecule has 1 heterocycles. The van der Waals surface area contributed by atoms with Crippen LogP contribution in [0, 0.1) is 11.8 Å². The highest BCUT2D eigenvalue weighted by Gasteiger charge is 2.62. The summed E-state index contributed by atoms with van der Waals surface area (Å²) in [5, 5.41) is 10.9. The number of benzene rings is 2. The summed E-state index contributed by atoms with van der Waals surface area (Å²) in [6.45, 7) is 2.70. The molecule has 2 aromatic rings. The van der Waals surface area contributed by atoms with E-state index in [1.807, 2.05) is 6.92 Å². The number of alkyl halides is 3. The Morgan fingerprint density at radius 2 is 1.84 bits per heavy atom. The lowest BCUT2D eigenvalue weighted by Crippen LogP contribution is -2.57. The third-order valence-electron chi connectivity index (χ3n) is 6.92. The molecule has 3 N–H and O–H groups in total. The van der Waals surface area contributed by atoms with E-state index < -0.39 is 29.2 Å². The molecule has 0 saturated carbocycles. The number of ether oxygens (including phenoxy) is 2. The van der Waals surface area contributed by atoms with Crippen LogP contribution in [-0.2, 0) is 10.4 Å². The van der Waals surface area contributed by atoms with Gasteiger partial charge in [0.05, 0.1) is 24.3 Å². The van der Waals surface area contributed by atoms with E-state index in [4.69, 9.17) is 26.8 Å². The van der Waals surface area contributed by atoms with Gasteiger partial charge in [-0.2, -0.15) is 13.2 Å². The van der Waals surface area contributed by atoms with Gasteiger partial charge in [0, 0.05) is 18.7 Å². The maximum atomic E-state index is 14.0. The summed E-state index contributed by atoms with van der Waals surface area (Å²) in [4.78, 5) is 25.4. The monoisotopic (exact) mass is 556 g/mol. The number of piperidine rings is 1. The second-order valence-corrected chi connectivity index (χ2v) is 10.1. The van der Waals surface area contributed by atoms with E-state index in [1.165, 1.54) is 31.4 Å². The van der Waals surface area contributed by atoms with Crippen molar-refractivity contribution in [3.8, 4) is 11.5 Å². The van der Waals surface area contributed by atoms with Crippen LogP contribution in [0.4, 0.5) is 13.2 Å². The van der Waals surface area contributed by atoms with Crippen molar-refractivity contribution >= 4 is 23.4 Å². The maximum Gasteiger partial charge on any atom is 0.430 e. The third-order valence-corrected chi connectivity index (χ3v) is 7.23. The van der Waals surface area contributed by atoms with Gasteiger partial charge in [0.15, 0.2) is 0 Å². The standard InChI is InChI=1S/C27H32ClF3N2O5/c1-17(16-38-21-8-9-22(24(32)34)23(28)15-21)6-7-18-10-12-33(13-11-18)25(35)26(36,27(29,30)31)19-4-3-5-20(14-19)37-2/h3-5,8-9,14-15,17-18,36H,6-7,10-13,16H2,1-2H3,(H2,32,34)/t17-,26?/m0/s1. The van der Waals surface area contributed by atoms with Gasteiger partial charge in [0.25, 0.3) is 11.5 Å². The number of carbonyl (C=O) groups is 2. The molecule has 0 aliphatic carbocycles. The van der Waals surface area contributed by atoms with Gasteiger partial charge in [0.2, 0.25) is 5.91 Å². The highest BCUT2D eigenvalue weighted by molar-refractivity contribution is 6.33. The van der Waals surface area contributed by atoms with Crippen LogP contribution in [-0.4, -0.2) is 54.8 Å². The van der Waals surface area contributed by atoms with Gasteiger partial charge >= 0.3 is 6.18 Å². The number of hydrogen-bond donors (Lipinski definition) is 2. The first-order valence-electron chi connectivity index (χ1n) is 12.3. The first kappa shape index (κ1) is 29.6. The molecule has 0 aromatic heterocycles. The van der Waals surface area contributed by atoms with Gasteiger partial charge in [-0.15, -0.1) is 0 Å². The first-order valence-corrected chi connectivity index (χ1v) is 12.7. The molecule has 0 spiro atoms. The maximum absolute atomic E-state index is 14.0. The summed E-state index contributed by atoms with van der Waals surface area (Å²) in [6.07, 6.45) is -2.48. The lowest BCUT2D eigenvalue weighted by Gasteiger charge is -2.38. The van der Waals surface area contributed by atoms with Crippen LogP contribution in [0.3, 0.4) is 0 Å². The minimum Gasteiger partial charge on any atom is -0.497 e. The van der Waals surface area contributed by atoms with E-state index in [1.54, 1.807) is 6.07 Å². The number of methoxy groups -OCH3 is 1. The molecule has 2 aromatic carbocycles. The normalized spacial score (nSPS) is 17.0. The fourth-order valence-corrected chi connectivity index (χ4v) is 4.80. The van der Waals surface area contributed by atoms with Gasteiger partial charge in [0.1, 0.15) is 11.5 Å². The van der Waals surface area contributed by atoms with Crippen LogP contribution >= 0.6 is 11.6 Å². The number of aliphatic hydroxyl groups is 1. The van der Waals surface area contributed by atoms with E-state index in [0.717, 1.165) is 29.9 Å². The van der Waals surface area contributed by atoms with Gasteiger partial charge in [-0.25, -0.2) is 0 Å². The molecule has 1 saturated heterocycles. The van der Waals surface area contributed by atoms with Gasteiger partial charge in [-0.05, 0) is 67.9 Å². The Kier molecular flexibility index (Phi) is 9.54. The van der Waals surface area contributed by atoms with Crippen molar-refractivity contribution in [3.63, 3.8) is 0 Å². The van der Waals surface area contributed by atoms with Crippen LogP contribution in [0.5, 0.6) is 11.5 Å². The van der Waals surface area contributed by atoms with Crippen molar-refractivity contribution in [1.29, 1.82) is 0 Å². The second-order valence-electron chi connectivity index (χ2n) is 9.68. The Hall–Kier alpha value is -2.98. The number of nitrogens with zero attached hydrogens (tertiary/aromatic N) is 1. The molecule has 208 valence electrons. The smallest absolute Gasteiger partial charge is 0.430 e. The quantitative estimate of drug-likeness (QED) is 0.432. The largest absolute Gasteiger partial charge is 0.497 e. The molecule has 7 nitrogen and oxygen atoms in total. The van der Waals surface area contributed by atoms with Crippen LogP contribution in [0.1, 0.15) is 48.5 Å². The fraction of sp³-hybridized carbons (Fsp3) is 0.481. The second kappa shape index (κ2) is 12.3. The average molecular weight is 557 g/mol. The lowest BCUT2D eigenvalue weighted by atomic mass is 9.87. The van der Waals surface area contributed by atoms with Gasteiger partial charge in [-0.1, -0.05) is 30.7 Å². The number of rotatable bonds is 10. The van der Waals surface area contributed by atoms with Crippen LogP contribution < -0.4 is 15.2 Å². The number of amides is 2. The summed E-state index contributed by atoms with van der Waals surface area (Å²) in [7, 11) is 1.30. The van der Waals surface area contributed by atoms with Gasteiger partial charge < -0.3 is 25.2 Å². The summed E-state index contributed by atoms with van der Waals surface area (Å²) >= 11 is 6.05. The Labute approximate surface area is 224 Å². The predicted octanol–water partition coefficient (Wildman–Crippen LogP) is 4.93. The van der Waals surface area contributed by atoms with E-state index in [-0.39, 0.29) is 41.3 Å². The Balaban J connectivity index is 1.52. The summed E-state index contributed by atoms with van der Waals surface area (Å²) in [6, 6.07) is 9.52. The molecular weight excluding hydrogens is 525 g/mol. The van der Waals surface area contributed by atoms with E-state index in [9.17, 15) is 27.9 Å². The van der Waals surface area contributed by atoms with Crippen LogP contribution in [0.15, 0.2) is 42.5 Å². The van der Waals surface area contributed by atoms with Crippen molar-refractivity contribution in [2.45, 2.75) is 44.4 Å². The van der Waals surface area contributed by atoms with Crippen molar-refractivity contribution < 1.29 is 37.3 Å². The van der Waals surface area contributed by atoms with Crippen molar-refractivity contribution in [2.24, 2.45) is 17.6 Å². The zero-order valence-corrected chi connectivity index (χ0v) is 22.0. The van der Waals surface area contributed by atoms with Gasteiger partial charge in [-0.3, -0.25) is 9.59 Å². The van der Waals surface area contributed by atoms with Crippen molar-refractivity contribution in [2.75, 3.05) is 26.8 Å². The topological polar surface area (TPSA) is 102 Å². The molecule has 1 aliphatic heterocycles. The van der Waals surface area contributed by atoms with E-state index in [0.29, 0.717) is 25.2 Å². The number of nitrogens with two attached hydrogens (primary N) is 1. The fourth-order valence-electron chi connectivity index (χ4n) is 4.54. The Morgan fingerprint density at radius 1 is 1.16 bits per heavy atom. The molecule has 2 atom stereocenters. The summed E-state index contributed by atoms with van der Waals surface area (Å²) in [5.74, 6) is -0.938. The zero-order chi connectivity index (χ0) is 28.1. The molecule has 0 radical (unpaired) electrons. The highest BCUT2D eigenvalue weighted by Crippen LogP contribution is 2.42. The van der Waals surface area contributed by atoms with Crippen molar-refractivity contribution in [1.82, 2.24) is 4.90 Å². The molecule has 3 rings (SSSR count). The molecule has 1 fully saturated rings. The zero-order valence-electron chi connectivity index (χ0n) is 21.3. The minimum absolute atomic E-state index is 0.112. The Morgan fingerprint density at radius 3 is 2.42 bits per heavy atom. The SMILES string of the molecule is COc1cccc(C(O)(C(=O)N2CCC(CC[C@H](C)COc3ccc(C(N)=O)c(Cl)c3)CC2)C(F)(F)F)c1. The lowest BCUT2D eigenvalue weighted by molar-refractivity contribution is -0.262. The summed E-state index contributed by atoms with van der Waals surface area (Å²) < 4.78 is 52.8. The molecule has 11 heteroatoms. The molecule has 0 bridgehead atoms. The molecular formula is C27H32ClF3N2O5. The Bertz CT molecular complexity index is 1140. The molecule has 2 amide bonds. The van der Waals surface area contributed by atoms with Crippen LogP contribution in [0.25, 0.3) is 0 Å². The minimum atomic E-state index is -5.20. The van der Waals surface area contributed by atoms with E-state index in [2.05, 4.69) is 0 Å². The number of primary amides is 1. The van der Waals surface area contributed by atoms with Crippen molar-refractivity contribution in [3.05, 3.63) is 58.6 Å². The molecule has 1 aliphatic rings. The number of hydrogen-bond acceptors (Lipinski definition) is 5. The third kappa shape index (κ3) is 6.71.